The molecule has 1 aromatic rings. The molecule has 0 aliphatic carbocycles. The Hall–Kier alpha value is -1.61. The number of hydrogen-bond donors (Lipinski definition) is 1. The largest absolute Gasteiger partial charge is 0.389 e. The molecule has 0 saturated carbocycles. The number of rotatable bonds is 2. The van der Waals surface area contributed by atoms with Gasteiger partial charge < -0.3 is 10.0 Å². The van der Waals surface area contributed by atoms with Crippen molar-refractivity contribution in [3.63, 3.8) is 0 Å². The molecule has 1 aliphatic rings. The molecule has 0 aromatic heterocycles. The van der Waals surface area contributed by atoms with Gasteiger partial charge in [-0.25, -0.2) is 0 Å². The van der Waals surface area contributed by atoms with Crippen molar-refractivity contribution in [3.8, 4) is 0 Å². The fourth-order valence-corrected chi connectivity index (χ4v) is 1.70. The quantitative estimate of drug-likeness (QED) is 0.758. The molecule has 1 aliphatic heterocycles. The summed E-state index contributed by atoms with van der Waals surface area (Å²) >= 11 is 0. The second-order valence-electron chi connectivity index (χ2n) is 4.09. The molecular weight excluding hydrogens is 202 g/mol. The van der Waals surface area contributed by atoms with Crippen molar-refractivity contribution >= 4 is 11.5 Å². The van der Waals surface area contributed by atoms with E-state index in [0.29, 0.717) is 13.1 Å². The van der Waals surface area contributed by atoms with Gasteiger partial charge in [0.1, 0.15) is 0 Å². The van der Waals surface area contributed by atoms with Crippen LogP contribution in [-0.4, -0.2) is 35.1 Å². The molecule has 1 heterocycles. The van der Waals surface area contributed by atoms with Crippen LogP contribution in [0, 0.1) is 0 Å². The van der Waals surface area contributed by atoms with Crippen molar-refractivity contribution in [2.75, 3.05) is 13.1 Å². The van der Waals surface area contributed by atoms with Gasteiger partial charge in [0, 0.05) is 19.2 Å². The Balaban J connectivity index is 2.04. The van der Waals surface area contributed by atoms with Crippen LogP contribution in [0.3, 0.4) is 0 Å². The summed E-state index contributed by atoms with van der Waals surface area (Å²) in [6, 6.07) is 9.80. The van der Waals surface area contributed by atoms with Crippen LogP contribution in [0.4, 0.5) is 0 Å². The molecule has 0 radical (unpaired) electrons. The Labute approximate surface area is 95.0 Å². The van der Waals surface area contributed by atoms with E-state index in [9.17, 15) is 4.79 Å². The average molecular weight is 217 g/mol. The molecule has 16 heavy (non-hydrogen) atoms. The molecule has 1 aromatic carbocycles. The van der Waals surface area contributed by atoms with Gasteiger partial charge >= 0.3 is 0 Å². The smallest absolute Gasteiger partial charge is 0.247 e. The van der Waals surface area contributed by atoms with Crippen LogP contribution in [0.2, 0.25) is 0 Å². The zero-order chi connectivity index (χ0) is 11.5. The molecule has 0 spiro atoms. The van der Waals surface area contributed by atoms with E-state index in [1.165, 1.54) is 0 Å². The summed E-state index contributed by atoms with van der Waals surface area (Å²) in [4.78, 5) is 13.3. The number of carbonyl (C=O) groups excluding carboxylic acids is 1. The maximum Gasteiger partial charge on any atom is 0.247 e. The number of hydrogen-bond acceptors (Lipinski definition) is 2. The van der Waals surface area contributed by atoms with E-state index in [0.717, 1.165) is 11.1 Å². The predicted molar refractivity (Wildman–Crippen MR) is 62.7 cm³/mol. The fourth-order valence-electron chi connectivity index (χ4n) is 1.70. The normalized spacial score (nSPS) is 17.1. The average Bonchev–Trinajstić information content (AvgIpc) is 2.26. The highest BCUT2D eigenvalue weighted by molar-refractivity contribution is 5.95. The van der Waals surface area contributed by atoms with Crippen LogP contribution in [-0.2, 0) is 4.79 Å². The first kappa shape index (κ1) is 10.9. The predicted octanol–water partition coefficient (Wildman–Crippen LogP) is 1.29. The molecule has 3 heteroatoms. The Morgan fingerprint density at radius 3 is 2.56 bits per heavy atom. The minimum absolute atomic E-state index is 0.0216. The Kier molecular flexibility index (Phi) is 3.06. The molecule has 0 unspecified atom stereocenters. The summed E-state index contributed by atoms with van der Waals surface area (Å²) in [5.74, 6) is -0.0216. The zero-order valence-corrected chi connectivity index (χ0v) is 9.26. The van der Waals surface area contributed by atoms with Crippen LogP contribution in [0.1, 0.15) is 12.5 Å². The first-order chi connectivity index (χ1) is 7.66. The minimum Gasteiger partial charge on any atom is -0.389 e. The summed E-state index contributed by atoms with van der Waals surface area (Å²) in [6.07, 6.45) is 1.29. The van der Waals surface area contributed by atoms with E-state index in [1.807, 2.05) is 37.3 Å². The molecule has 0 atom stereocenters. The minimum atomic E-state index is -0.339. The highest BCUT2D eigenvalue weighted by atomic mass is 16.3. The van der Waals surface area contributed by atoms with Crippen molar-refractivity contribution in [1.82, 2.24) is 4.90 Å². The van der Waals surface area contributed by atoms with Crippen LogP contribution >= 0.6 is 0 Å². The third-order valence-corrected chi connectivity index (χ3v) is 2.74. The number of carbonyl (C=O) groups is 1. The molecule has 0 bridgehead atoms. The molecule has 1 amide bonds. The molecule has 1 N–H and O–H groups in total. The fraction of sp³-hybridized carbons (Fsp3) is 0.308. The van der Waals surface area contributed by atoms with Crippen LogP contribution in [0.5, 0.6) is 0 Å². The maximum atomic E-state index is 11.7. The topological polar surface area (TPSA) is 40.5 Å². The van der Waals surface area contributed by atoms with E-state index >= 15 is 0 Å². The van der Waals surface area contributed by atoms with Gasteiger partial charge in [0.05, 0.1) is 6.10 Å². The van der Waals surface area contributed by atoms with Gasteiger partial charge in [-0.15, -0.1) is 0 Å². The summed E-state index contributed by atoms with van der Waals surface area (Å²) < 4.78 is 0. The van der Waals surface area contributed by atoms with E-state index in [1.54, 1.807) is 11.0 Å². The molecule has 2 rings (SSSR count). The first-order valence-corrected chi connectivity index (χ1v) is 5.37. The number of nitrogens with zero attached hydrogens (tertiary/aromatic N) is 1. The lowest BCUT2D eigenvalue weighted by Crippen LogP contribution is -2.53. The number of β-amino-alcohol motifs (C(OH)–C–C–N with tert-alkyl or cyclic N) is 1. The Morgan fingerprint density at radius 2 is 2.00 bits per heavy atom. The van der Waals surface area contributed by atoms with E-state index in [-0.39, 0.29) is 12.0 Å². The number of amides is 1. The van der Waals surface area contributed by atoms with Gasteiger partial charge in [-0.3, -0.25) is 4.79 Å². The van der Waals surface area contributed by atoms with E-state index in [2.05, 4.69) is 0 Å². The second-order valence-corrected chi connectivity index (χ2v) is 4.09. The third-order valence-electron chi connectivity index (χ3n) is 2.74. The maximum absolute atomic E-state index is 11.7. The van der Waals surface area contributed by atoms with Gasteiger partial charge in [0.2, 0.25) is 5.91 Å². The molecule has 3 nitrogen and oxygen atoms in total. The number of likely N-dealkylation sites (tertiary alicyclic amines) is 1. The zero-order valence-electron chi connectivity index (χ0n) is 9.26. The molecule has 84 valence electrons. The molecular formula is C13H15NO2. The highest BCUT2D eigenvalue weighted by Gasteiger charge is 2.27. The second kappa shape index (κ2) is 4.49. The van der Waals surface area contributed by atoms with E-state index in [4.69, 9.17) is 5.11 Å². The van der Waals surface area contributed by atoms with Crippen LogP contribution in [0.25, 0.3) is 5.57 Å². The van der Waals surface area contributed by atoms with Crippen LogP contribution < -0.4 is 0 Å². The molecule has 1 saturated heterocycles. The van der Waals surface area contributed by atoms with Crippen molar-refractivity contribution in [2.45, 2.75) is 13.0 Å². The van der Waals surface area contributed by atoms with E-state index < -0.39 is 0 Å². The Morgan fingerprint density at radius 1 is 1.38 bits per heavy atom. The van der Waals surface area contributed by atoms with Gasteiger partial charge in [-0.05, 0) is 18.1 Å². The van der Waals surface area contributed by atoms with Crippen molar-refractivity contribution in [1.29, 1.82) is 0 Å². The lowest BCUT2D eigenvalue weighted by molar-refractivity contribution is -0.135. The van der Waals surface area contributed by atoms with Gasteiger partial charge in [-0.2, -0.15) is 0 Å². The summed E-state index contributed by atoms with van der Waals surface area (Å²) in [7, 11) is 0. The van der Waals surface area contributed by atoms with Crippen molar-refractivity contribution in [2.24, 2.45) is 0 Å². The van der Waals surface area contributed by atoms with Gasteiger partial charge in [-0.1, -0.05) is 30.3 Å². The monoisotopic (exact) mass is 217 g/mol. The van der Waals surface area contributed by atoms with Gasteiger partial charge in [0.15, 0.2) is 0 Å². The number of aliphatic hydroxyl groups is 1. The summed E-state index contributed by atoms with van der Waals surface area (Å²) in [6.45, 7) is 2.83. The lowest BCUT2D eigenvalue weighted by Gasteiger charge is -2.35. The number of aliphatic hydroxyl groups excluding tert-OH is 1. The Bertz CT molecular complexity index is 405. The number of benzene rings is 1. The third kappa shape index (κ3) is 2.31. The summed E-state index contributed by atoms with van der Waals surface area (Å²) in [5.41, 5.74) is 2.00. The lowest BCUT2D eigenvalue weighted by atomic mass is 10.1. The van der Waals surface area contributed by atoms with Crippen molar-refractivity contribution in [3.05, 3.63) is 42.0 Å². The van der Waals surface area contributed by atoms with Gasteiger partial charge in [0.25, 0.3) is 0 Å². The van der Waals surface area contributed by atoms with Crippen molar-refractivity contribution < 1.29 is 9.90 Å². The number of allylic oxidation sites excluding steroid dienone is 1. The SMILES string of the molecule is C/C(=C/C(=O)N1CC(O)C1)c1ccccc1. The summed E-state index contributed by atoms with van der Waals surface area (Å²) in [5, 5.41) is 9.10. The highest BCUT2D eigenvalue weighted by Crippen LogP contribution is 2.15. The molecule has 1 fully saturated rings. The van der Waals surface area contributed by atoms with Crippen LogP contribution in [0.15, 0.2) is 36.4 Å². The standard InChI is InChI=1S/C13H15NO2/c1-10(11-5-3-2-4-6-11)7-13(16)14-8-12(15)9-14/h2-7,12,15H,8-9H2,1H3/b10-7-. The first-order valence-electron chi connectivity index (χ1n) is 5.37.